The van der Waals surface area contributed by atoms with Gasteiger partial charge in [-0.25, -0.2) is 4.79 Å². The lowest BCUT2D eigenvalue weighted by atomic mass is 9.99. The average Bonchev–Trinajstić information content (AvgIpc) is 2.82. The van der Waals surface area contributed by atoms with Gasteiger partial charge < -0.3 is 26.8 Å². The molecule has 34 heavy (non-hydrogen) atoms. The molecule has 0 aliphatic heterocycles. The summed E-state index contributed by atoms with van der Waals surface area (Å²) < 4.78 is 0. The van der Waals surface area contributed by atoms with E-state index in [2.05, 4.69) is 28.6 Å². The van der Waals surface area contributed by atoms with E-state index in [0.717, 1.165) is 5.56 Å². The monoisotopic (exact) mass is 512 g/mol. The summed E-state index contributed by atoms with van der Waals surface area (Å²) in [6.45, 7) is 3.55. The first kappa shape index (κ1) is 29.8. The van der Waals surface area contributed by atoms with Gasteiger partial charge in [-0.3, -0.25) is 14.4 Å². The summed E-state index contributed by atoms with van der Waals surface area (Å²) in [4.78, 5) is 49.8. The molecule has 0 bridgehead atoms. The molecule has 9 nitrogen and oxygen atoms in total. The van der Waals surface area contributed by atoms with Gasteiger partial charge >= 0.3 is 5.97 Å². The lowest BCUT2D eigenvalue weighted by molar-refractivity contribution is -0.143. The predicted molar refractivity (Wildman–Crippen MR) is 138 cm³/mol. The second-order valence-electron chi connectivity index (χ2n) is 8.09. The number of nitrogens with one attached hydrogen (secondary N) is 3. The van der Waals surface area contributed by atoms with Crippen LogP contribution in [0, 0.1) is 5.92 Å². The van der Waals surface area contributed by atoms with Crippen molar-refractivity contribution in [2.45, 2.75) is 57.3 Å². The maximum atomic E-state index is 12.9. The van der Waals surface area contributed by atoms with Gasteiger partial charge in [0.05, 0.1) is 6.04 Å². The van der Waals surface area contributed by atoms with Crippen LogP contribution >= 0.6 is 24.4 Å². The number of hydrogen-bond acceptors (Lipinski definition) is 7. The van der Waals surface area contributed by atoms with Gasteiger partial charge in [0.25, 0.3) is 0 Å². The predicted octanol–water partition coefficient (Wildman–Crippen LogP) is 0.824. The Morgan fingerprint density at radius 3 is 2.15 bits per heavy atom. The molecule has 0 spiro atoms. The van der Waals surface area contributed by atoms with Crippen LogP contribution in [0.1, 0.15) is 32.3 Å². The quantitative estimate of drug-likeness (QED) is 0.190. The fourth-order valence-electron chi connectivity index (χ4n) is 3.15. The highest BCUT2D eigenvalue weighted by molar-refractivity contribution is 7.98. The number of carbonyl (C=O) groups excluding carboxylic acids is 3. The molecule has 0 aromatic heterocycles. The highest BCUT2D eigenvalue weighted by Gasteiger charge is 2.31. The summed E-state index contributed by atoms with van der Waals surface area (Å²) in [5.41, 5.74) is 6.95. The first-order valence-electron chi connectivity index (χ1n) is 11.2. The van der Waals surface area contributed by atoms with Crippen LogP contribution in [0.15, 0.2) is 30.3 Å². The molecule has 0 aliphatic rings. The minimum absolute atomic E-state index is 0.0405. The zero-order chi connectivity index (χ0) is 25.7. The Kier molecular flexibility index (Phi) is 13.7. The van der Waals surface area contributed by atoms with E-state index in [1.165, 1.54) is 11.8 Å². The highest BCUT2D eigenvalue weighted by Crippen LogP contribution is 2.09. The lowest BCUT2D eigenvalue weighted by Gasteiger charge is -2.26. The van der Waals surface area contributed by atoms with Gasteiger partial charge in [-0.05, 0) is 36.3 Å². The summed E-state index contributed by atoms with van der Waals surface area (Å²) in [6, 6.07) is 5.42. The van der Waals surface area contributed by atoms with E-state index in [1.807, 2.05) is 43.5 Å². The van der Waals surface area contributed by atoms with Gasteiger partial charge in [0, 0.05) is 5.75 Å². The van der Waals surface area contributed by atoms with Crippen molar-refractivity contribution in [3.05, 3.63) is 35.9 Å². The van der Waals surface area contributed by atoms with E-state index < -0.39 is 47.9 Å². The number of amides is 3. The van der Waals surface area contributed by atoms with Gasteiger partial charge in [-0.1, -0.05) is 50.6 Å². The number of nitrogens with two attached hydrogens (primary N) is 1. The lowest BCUT2D eigenvalue weighted by Crippen LogP contribution is -2.58. The molecule has 1 aromatic carbocycles. The third-order valence-corrected chi connectivity index (χ3v) is 6.48. The Labute approximate surface area is 210 Å². The van der Waals surface area contributed by atoms with Gasteiger partial charge in [0.1, 0.15) is 18.1 Å². The number of benzene rings is 1. The molecule has 0 saturated carbocycles. The first-order chi connectivity index (χ1) is 16.1. The standard InChI is InChI=1S/C23H36N4O5S2/c1-4-14(2)19(23(31)32)27-22(30)18(13-33)26-21(29)17(10-11-34-3)25-20(28)16(24)12-15-8-6-5-7-9-15/h5-9,14,16-19,33H,4,10-13,24H2,1-3H3,(H,25,28)(H,26,29)(H,27,30)(H,31,32). The minimum atomic E-state index is -1.15. The number of carboxylic acid groups (broad SMARTS) is 1. The van der Waals surface area contributed by atoms with Gasteiger partial charge in [0.15, 0.2) is 0 Å². The van der Waals surface area contributed by atoms with Crippen LogP contribution in [0.5, 0.6) is 0 Å². The van der Waals surface area contributed by atoms with Gasteiger partial charge in [-0.15, -0.1) is 0 Å². The molecule has 1 aromatic rings. The molecule has 0 aliphatic carbocycles. The van der Waals surface area contributed by atoms with Crippen molar-refractivity contribution in [3.8, 4) is 0 Å². The van der Waals surface area contributed by atoms with E-state index in [9.17, 15) is 24.3 Å². The average molecular weight is 513 g/mol. The fourth-order valence-corrected chi connectivity index (χ4v) is 3.88. The Morgan fingerprint density at radius 1 is 1.03 bits per heavy atom. The van der Waals surface area contributed by atoms with Crippen molar-refractivity contribution >= 4 is 48.1 Å². The summed E-state index contributed by atoms with van der Waals surface area (Å²) in [7, 11) is 0. The van der Waals surface area contributed by atoms with Crippen LogP contribution in [0.25, 0.3) is 0 Å². The molecule has 6 N–H and O–H groups in total. The number of thiol groups is 1. The Balaban J connectivity index is 2.83. The van der Waals surface area contributed by atoms with E-state index in [-0.39, 0.29) is 11.7 Å². The van der Waals surface area contributed by atoms with Crippen LogP contribution in [0.4, 0.5) is 0 Å². The Hall–Kier alpha value is -2.24. The number of carboxylic acids is 1. The number of hydrogen-bond donors (Lipinski definition) is 6. The van der Waals surface area contributed by atoms with Crippen molar-refractivity contribution in [3.63, 3.8) is 0 Å². The second-order valence-corrected chi connectivity index (χ2v) is 9.44. The topological polar surface area (TPSA) is 151 Å². The molecule has 0 saturated heterocycles. The normalized spacial score (nSPS) is 15.3. The van der Waals surface area contributed by atoms with Crippen molar-refractivity contribution in [1.29, 1.82) is 0 Å². The van der Waals surface area contributed by atoms with Crippen LogP contribution in [-0.4, -0.2) is 70.7 Å². The van der Waals surface area contributed by atoms with Crippen molar-refractivity contribution in [2.75, 3.05) is 17.8 Å². The van der Waals surface area contributed by atoms with Crippen molar-refractivity contribution in [2.24, 2.45) is 11.7 Å². The molecular weight excluding hydrogens is 476 g/mol. The number of thioether (sulfide) groups is 1. The number of carbonyl (C=O) groups is 4. The molecule has 3 amide bonds. The smallest absolute Gasteiger partial charge is 0.326 e. The molecule has 190 valence electrons. The number of rotatable bonds is 15. The molecule has 11 heteroatoms. The molecule has 5 unspecified atom stereocenters. The fraction of sp³-hybridized carbons (Fsp3) is 0.565. The molecule has 0 heterocycles. The zero-order valence-electron chi connectivity index (χ0n) is 19.8. The summed E-state index contributed by atoms with van der Waals surface area (Å²) >= 11 is 5.65. The minimum Gasteiger partial charge on any atom is -0.480 e. The molecule has 0 radical (unpaired) electrons. The largest absolute Gasteiger partial charge is 0.480 e. The van der Waals surface area contributed by atoms with E-state index in [0.29, 0.717) is 25.0 Å². The Bertz CT molecular complexity index is 812. The molecular formula is C23H36N4O5S2. The molecule has 5 atom stereocenters. The maximum absolute atomic E-state index is 12.9. The Morgan fingerprint density at radius 2 is 1.62 bits per heavy atom. The van der Waals surface area contributed by atoms with Crippen LogP contribution < -0.4 is 21.7 Å². The van der Waals surface area contributed by atoms with E-state index in [4.69, 9.17) is 5.73 Å². The van der Waals surface area contributed by atoms with Gasteiger partial charge in [-0.2, -0.15) is 24.4 Å². The number of aliphatic carboxylic acids is 1. The van der Waals surface area contributed by atoms with Crippen LogP contribution in [-0.2, 0) is 25.6 Å². The summed E-state index contributed by atoms with van der Waals surface area (Å²) in [6.07, 6.45) is 3.09. The summed E-state index contributed by atoms with van der Waals surface area (Å²) in [5, 5.41) is 17.2. The van der Waals surface area contributed by atoms with E-state index >= 15 is 0 Å². The van der Waals surface area contributed by atoms with E-state index in [1.54, 1.807) is 6.92 Å². The first-order valence-corrected chi connectivity index (χ1v) is 13.2. The zero-order valence-corrected chi connectivity index (χ0v) is 21.5. The third kappa shape index (κ3) is 9.94. The van der Waals surface area contributed by atoms with Crippen molar-refractivity contribution < 1.29 is 24.3 Å². The molecule has 1 rings (SSSR count). The third-order valence-electron chi connectivity index (χ3n) is 5.47. The molecule has 0 fully saturated rings. The highest BCUT2D eigenvalue weighted by atomic mass is 32.2. The van der Waals surface area contributed by atoms with Crippen LogP contribution in [0.2, 0.25) is 0 Å². The van der Waals surface area contributed by atoms with Gasteiger partial charge in [0.2, 0.25) is 17.7 Å². The summed E-state index contributed by atoms with van der Waals surface area (Å²) in [5.74, 6) is -2.56. The van der Waals surface area contributed by atoms with Crippen LogP contribution in [0.3, 0.4) is 0 Å². The second kappa shape index (κ2) is 15.6. The van der Waals surface area contributed by atoms with Crippen molar-refractivity contribution in [1.82, 2.24) is 16.0 Å². The SMILES string of the molecule is CCC(C)C(NC(=O)C(CS)NC(=O)C(CCSC)NC(=O)C(N)Cc1ccccc1)C(=O)O. The maximum Gasteiger partial charge on any atom is 0.326 e.